The van der Waals surface area contributed by atoms with Gasteiger partial charge in [-0.1, -0.05) is 19.9 Å². The lowest BCUT2D eigenvalue weighted by atomic mass is 9.90. The summed E-state index contributed by atoms with van der Waals surface area (Å²) < 4.78 is 1.95. The summed E-state index contributed by atoms with van der Waals surface area (Å²) in [6.07, 6.45) is 0. The van der Waals surface area contributed by atoms with Crippen molar-refractivity contribution in [2.75, 3.05) is 0 Å². The number of nitrogens with zero attached hydrogens (tertiary/aromatic N) is 3. The Labute approximate surface area is 129 Å². The van der Waals surface area contributed by atoms with Crippen LogP contribution in [0.25, 0.3) is 0 Å². The molecule has 0 saturated carbocycles. The third-order valence-electron chi connectivity index (χ3n) is 3.63. The molecule has 0 aliphatic rings. The Morgan fingerprint density at radius 1 is 1.43 bits per heavy atom. The van der Waals surface area contributed by atoms with Crippen LogP contribution in [0.1, 0.15) is 50.1 Å². The molecule has 0 bridgehead atoms. The van der Waals surface area contributed by atoms with Gasteiger partial charge in [-0.15, -0.1) is 21.5 Å². The van der Waals surface area contributed by atoms with Crippen molar-refractivity contribution in [3.8, 4) is 0 Å². The van der Waals surface area contributed by atoms with Crippen LogP contribution in [0.2, 0.25) is 0 Å². The van der Waals surface area contributed by atoms with Gasteiger partial charge in [0.15, 0.2) is 5.82 Å². The van der Waals surface area contributed by atoms with Crippen LogP contribution in [0.5, 0.6) is 0 Å². The fraction of sp³-hybridized carbons (Fsp3) is 0.533. The van der Waals surface area contributed by atoms with Gasteiger partial charge in [-0.05, 0) is 25.3 Å². The molecule has 2 rings (SSSR count). The Balaban J connectivity index is 2.05. The molecule has 0 saturated heterocycles. The van der Waals surface area contributed by atoms with Crippen LogP contribution in [0.4, 0.5) is 0 Å². The second-order valence-electron chi connectivity index (χ2n) is 5.97. The number of amides is 1. The molecule has 0 fully saturated rings. The first-order valence-corrected chi connectivity index (χ1v) is 7.92. The van der Waals surface area contributed by atoms with E-state index in [1.807, 2.05) is 43.0 Å². The Bertz CT molecular complexity index is 614. The summed E-state index contributed by atoms with van der Waals surface area (Å²) >= 11 is 1.60. The molecular formula is C15H22N4OS. The monoisotopic (exact) mass is 306 g/mol. The van der Waals surface area contributed by atoms with Gasteiger partial charge < -0.3 is 9.88 Å². The van der Waals surface area contributed by atoms with Crippen molar-refractivity contribution in [1.29, 1.82) is 0 Å². The zero-order chi connectivity index (χ0) is 15.6. The summed E-state index contributed by atoms with van der Waals surface area (Å²) in [7, 11) is 1.93. The SMILES string of the molecule is CC(C)c1nnc(CNC(=O)C(C)(C)c2cccs2)n1C. The third kappa shape index (κ3) is 3.15. The summed E-state index contributed by atoms with van der Waals surface area (Å²) in [5, 5.41) is 13.3. The Morgan fingerprint density at radius 2 is 2.14 bits per heavy atom. The van der Waals surface area contributed by atoms with Gasteiger partial charge in [0.2, 0.25) is 5.91 Å². The van der Waals surface area contributed by atoms with Crippen molar-refractivity contribution >= 4 is 17.2 Å². The zero-order valence-corrected chi connectivity index (χ0v) is 14.0. The van der Waals surface area contributed by atoms with E-state index in [4.69, 9.17) is 0 Å². The highest BCUT2D eigenvalue weighted by Crippen LogP contribution is 2.27. The third-order valence-corrected chi connectivity index (χ3v) is 4.82. The Kier molecular flexibility index (Phi) is 4.46. The highest BCUT2D eigenvalue weighted by Gasteiger charge is 2.30. The number of rotatable bonds is 5. The normalized spacial score (nSPS) is 11.9. The zero-order valence-electron chi connectivity index (χ0n) is 13.2. The molecule has 0 aliphatic heterocycles. The molecule has 0 spiro atoms. The lowest BCUT2D eigenvalue weighted by Gasteiger charge is -2.22. The van der Waals surface area contributed by atoms with Crippen LogP contribution >= 0.6 is 11.3 Å². The molecule has 5 nitrogen and oxygen atoms in total. The van der Waals surface area contributed by atoms with Crippen LogP contribution < -0.4 is 5.32 Å². The standard InChI is InChI=1S/C15H22N4OS/c1-10(2)13-18-17-12(19(13)5)9-16-14(20)15(3,4)11-7-6-8-21-11/h6-8,10H,9H2,1-5H3,(H,16,20). The highest BCUT2D eigenvalue weighted by molar-refractivity contribution is 7.10. The predicted octanol–water partition coefficient (Wildman–Crippen LogP) is 2.59. The van der Waals surface area contributed by atoms with Gasteiger partial charge in [-0.2, -0.15) is 0 Å². The van der Waals surface area contributed by atoms with Crippen LogP contribution in [0, 0.1) is 0 Å². The summed E-state index contributed by atoms with van der Waals surface area (Å²) in [6.45, 7) is 8.41. The number of carbonyl (C=O) groups is 1. The van der Waals surface area contributed by atoms with Crippen molar-refractivity contribution in [2.45, 2.75) is 45.6 Å². The minimum Gasteiger partial charge on any atom is -0.348 e. The van der Waals surface area contributed by atoms with Crippen LogP contribution in [-0.2, 0) is 23.8 Å². The van der Waals surface area contributed by atoms with Crippen molar-refractivity contribution in [2.24, 2.45) is 7.05 Å². The van der Waals surface area contributed by atoms with E-state index >= 15 is 0 Å². The van der Waals surface area contributed by atoms with Crippen molar-refractivity contribution in [1.82, 2.24) is 20.1 Å². The van der Waals surface area contributed by atoms with E-state index in [0.717, 1.165) is 16.5 Å². The van der Waals surface area contributed by atoms with Gasteiger partial charge in [-0.25, -0.2) is 0 Å². The molecule has 0 atom stereocenters. The largest absolute Gasteiger partial charge is 0.348 e. The Hall–Kier alpha value is -1.69. The molecule has 0 aromatic carbocycles. The summed E-state index contributed by atoms with van der Waals surface area (Å²) in [5.74, 6) is 2.01. The average Bonchev–Trinajstić information content (AvgIpc) is 3.05. The van der Waals surface area contributed by atoms with Gasteiger partial charge in [0, 0.05) is 17.8 Å². The van der Waals surface area contributed by atoms with Gasteiger partial charge in [0.05, 0.1) is 12.0 Å². The molecule has 1 amide bonds. The molecule has 2 aromatic heterocycles. The van der Waals surface area contributed by atoms with E-state index in [1.54, 1.807) is 11.3 Å². The van der Waals surface area contributed by atoms with E-state index in [2.05, 4.69) is 29.4 Å². The molecule has 0 radical (unpaired) electrons. The molecule has 21 heavy (non-hydrogen) atoms. The molecule has 2 heterocycles. The second kappa shape index (κ2) is 5.97. The number of hydrogen-bond donors (Lipinski definition) is 1. The van der Waals surface area contributed by atoms with Gasteiger partial charge in [0.1, 0.15) is 5.82 Å². The molecule has 2 aromatic rings. The van der Waals surface area contributed by atoms with Crippen molar-refractivity contribution < 1.29 is 4.79 Å². The topological polar surface area (TPSA) is 59.8 Å². The summed E-state index contributed by atoms with van der Waals surface area (Å²) in [5.41, 5.74) is -0.534. The van der Waals surface area contributed by atoms with Crippen molar-refractivity contribution in [3.05, 3.63) is 34.0 Å². The first kappa shape index (κ1) is 15.7. The molecular weight excluding hydrogens is 284 g/mol. The number of carbonyl (C=O) groups excluding carboxylic acids is 1. The molecule has 1 N–H and O–H groups in total. The molecule has 0 aliphatic carbocycles. The lowest BCUT2D eigenvalue weighted by molar-refractivity contribution is -0.125. The Morgan fingerprint density at radius 3 is 2.67 bits per heavy atom. The second-order valence-corrected chi connectivity index (χ2v) is 6.92. The number of nitrogens with one attached hydrogen (secondary N) is 1. The molecule has 114 valence electrons. The lowest BCUT2D eigenvalue weighted by Crippen LogP contribution is -2.39. The number of hydrogen-bond acceptors (Lipinski definition) is 4. The van der Waals surface area contributed by atoms with E-state index < -0.39 is 5.41 Å². The number of aromatic nitrogens is 3. The first-order chi connectivity index (χ1) is 9.84. The summed E-state index contributed by atoms with van der Waals surface area (Å²) in [6, 6.07) is 3.95. The fourth-order valence-corrected chi connectivity index (χ4v) is 3.01. The fourth-order valence-electron chi connectivity index (χ4n) is 2.16. The van der Waals surface area contributed by atoms with E-state index in [-0.39, 0.29) is 5.91 Å². The van der Waals surface area contributed by atoms with E-state index in [0.29, 0.717) is 12.5 Å². The minimum absolute atomic E-state index is 0.000882. The van der Waals surface area contributed by atoms with E-state index in [1.165, 1.54) is 0 Å². The van der Waals surface area contributed by atoms with Crippen molar-refractivity contribution in [3.63, 3.8) is 0 Å². The average molecular weight is 306 g/mol. The van der Waals surface area contributed by atoms with Gasteiger partial charge >= 0.3 is 0 Å². The minimum atomic E-state index is -0.534. The van der Waals surface area contributed by atoms with E-state index in [9.17, 15) is 4.79 Å². The predicted molar refractivity (Wildman–Crippen MR) is 84.3 cm³/mol. The molecule has 6 heteroatoms. The van der Waals surface area contributed by atoms with Gasteiger partial charge in [-0.3, -0.25) is 4.79 Å². The van der Waals surface area contributed by atoms with Crippen LogP contribution in [0.15, 0.2) is 17.5 Å². The maximum Gasteiger partial charge on any atom is 0.231 e. The maximum atomic E-state index is 12.4. The quantitative estimate of drug-likeness (QED) is 0.923. The summed E-state index contributed by atoms with van der Waals surface area (Å²) in [4.78, 5) is 13.5. The highest BCUT2D eigenvalue weighted by atomic mass is 32.1. The van der Waals surface area contributed by atoms with Gasteiger partial charge in [0.25, 0.3) is 0 Å². The maximum absolute atomic E-state index is 12.4. The first-order valence-electron chi connectivity index (χ1n) is 7.04. The smallest absolute Gasteiger partial charge is 0.231 e. The number of thiophene rings is 1. The van der Waals surface area contributed by atoms with Crippen LogP contribution in [-0.4, -0.2) is 20.7 Å². The molecule has 0 unspecified atom stereocenters. The van der Waals surface area contributed by atoms with Crippen LogP contribution in [0.3, 0.4) is 0 Å².